The summed E-state index contributed by atoms with van der Waals surface area (Å²) in [6, 6.07) is 7.11. The van der Waals surface area contributed by atoms with Crippen LogP contribution in [0.25, 0.3) is 0 Å². The standard InChI is InChI=1S/C13H12BrFOS/c1-8-5-6-17-13(8)12(14)9-3-4-11(16-2)10(15)7-9/h3-7,12H,1-2H3. The quantitative estimate of drug-likeness (QED) is 0.747. The Morgan fingerprint density at radius 2 is 2.12 bits per heavy atom. The number of halogens is 2. The molecule has 4 heteroatoms. The first-order chi connectivity index (χ1) is 8.13. The van der Waals surface area contributed by atoms with Crippen LogP contribution in [-0.4, -0.2) is 7.11 Å². The van der Waals surface area contributed by atoms with E-state index in [1.807, 2.05) is 11.4 Å². The molecule has 90 valence electrons. The topological polar surface area (TPSA) is 9.23 Å². The molecule has 1 atom stereocenters. The van der Waals surface area contributed by atoms with Crippen LogP contribution in [0, 0.1) is 12.7 Å². The third-order valence-electron chi connectivity index (χ3n) is 2.60. The van der Waals surface area contributed by atoms with Crippen molar-refractivity contribution in [3.8, 4) is 5.75 Å². The summed E-state index contributed by atoms with van der Waals surface area (Å²) >= 11 is 5.28. The van der Waals surface area contributed by atoms with Gasteiger partial charge in [0.05, 0.1) is 11.9 Å². The third kappa shape index (κ3) is 2.53. The first-order valence-corrected chi connectivity index (χ1v) is 6.94. The highest BCUT2D eigenvalue weighted by atomic mass is 79.9. The minimum absolute atomic E-state index is 0.0305. The lowest BCUT2D eigenvalue weighted by atomic mass is 10.1. The van der Waals surface area contributed by atoms with Crippen LogP contribution in [0.15, 0.2) is 29.6 Å². The van der Waals surface area contributed by atoms with E-state index in [1.54, 1.807) is 17.4 Å². The molecular weight excluding hydrogens is 303 g/mol. The zero-order valence-corrected chi connectivity index (χ0v) is 11.9. The molecule has 2 rings (SSSR count). The Kier molecular flexibility index (Phi) is 3.84. The zero-order valence-electron chi connectivity index (χ0n) is 9.54. The van der Waals surface area contributed by atoms with Crippen molar-refractivity contribution in [1.29, 1.82) is 0 Å². The molecule has 0 radical (unpaired) electrons. The summed E-state index contributed by atoms with van der Waals surface area (Å²) in [5.41, 5.74) is 2.11. The minimum atomic E-state index is -0.330. The van der Waals surface area contributed by atoms with Gasteiger partial charge in [-0.2, -0.15) is 0 Å². The second kappa shape index (κ2) is 5.19. The summed E-state index contributed by atoms with van der Waals surface area (Å²) in [4.78, 5) is 1.23. The Bertz CT molecular complexity index is 524. The highest BCUT2D eigenvalue weighted by Crippen LogP contribution is 2.37. The summed E-state index contributed by atoms with van der Waals surface area (Å²) in [6.45, 7) is 2.06. The first kappa shape index (κ1) is 12.6. The van der Waals surface area contributed by atoms with Crippen molar-refractivity contribution < 1.29 is 9.13 Å². The second-order valence-corrected chi connectivity index (χ2v) is 5.59. The normalized spacial score (nSPS) is 12.5. The fourth-order valence-corrected chi connectivity index (χ4v) is 3.53. The van der Waals surface area contributed by atoms with Crippen molar-refractivity contribution in [2.45, 2.75) is 11.8 Å². The number of hydrogen-bond acceptors (Lipinski definition) is 2. The van der Waals surface area contributed by atoms with Crippen molar-refractivity contribution in [2.75, 3.05) is 7.11 Å². The molecule has 2 aromatic rings. The molecule has 0 N–H and O–H groups in total. The van der Waals surface area contributed by atoms with Gasteiger partial charge in [0.2, 0.25) is 0 Å². The van der Waals surface area contributed by atoms with Gasteiger partial charge in [-0.1, -0.05) is 22.0 Å². The summed E-state index contributed by atoms with van der Waals surface area (Å²) in [6.07, 6.45) is 0. The van der Waals surface area contributed by atoms with Crippen LogP contribution in [0.4, 0.5) is 4.39 Å². The van der Waals surface area contributed by atoms with Crippen LogP contribution < -0.4 is 4.74 Å². The van der Waals surface area contributed by atoms with Gasteiger partial charge in [0, 0.05) is 4.88 Å². The van der Waals surface area contributed by atoms with E-state index in [2.05, 4.69) is 28.9 Å². The van der Waals surface area contributed by atoms with Gasteiger partial charge in [0.1, 0.15) is 0 Å². The van der Waals surface area contributed by atoms with Gasteiger partial charge in [-0.05, 0) is 41.6 Å². The lowest BCUT2D eigenvalue weighted by molar-refractivity contribution is 0.386. The number of benzene rings is 1. The smallest absolute Gasteiger partial charge is 0.165 e. The molecule has 0 saturated carbocycles. The van der Waals surface area contributed by atoms with Crippen LogP contribution in [0.2, 0.25) is 0 Å². The zero-order chi connectivity index (χ0) is 12.4. The molecule has 1 unspecified atom stereocenters. The Balaban J connectivity index is 2.35. The van der Waals surface area contributed by atoms with Gasteiger partial charge >= 0.3 is 0 Å². The van der Waals surface area contributed by atoms with E-state index < -0.39 is 0 Å². The average Bonchev–Trinajstić information content (AvgIpc) is 2.74. The maximum absolute atomic E-state index is 13.6. The molecule has 1 nitrogen and oxygen atoms in total. The summed E-state index contributed by atoms with van der Waals surface area (Å²) in [5.74, 6) is -0.0555. The maximum Gasteiger partial charge on any atom is 0.165 e. The van der Waals surface area contributed by atoms with Crippen LogP contribution in [0.3, 0.4) is 0 Å². The van der Waals surface area contributed by atoms with E-state index in [-0.39, 0.29) is 16.4 Å². The molecule has 1 heterocycles. The van der Waals surface area contributed by atoms with E-state index in [4.69, 9.17) is 4.74 Å². The molecule has 0 fully saturated rings. The lowest BCUT2D eigenvalue weighted by Crippen LogP contribution is -1.95. The van der Waals surface area contributed by atoms with Gasteiger partial charge < -0.3 is 4.74 Å². The molecule has 1 aromatic heterocycles. The highest BCUT2D eigenvalue weighted by molar-refractivity contribution is 9.09. The number of aryl methyl sites for hydroxylation is 1. The number of alkyl halides is 1. The molecule has 17 heavy (non-hydrogen) atoms. The Labute approximate surface area is 112 Å². The van der Waals surface area contributed by atoms with Gasteiger partial charge in [-0.25, -0.2) is 4.39 Å². The van der Waals surface area contributed by atoms with Crippen molar-refractivity contribution in [2.24, 2.45) is 0 Å². The van der Waals surface area contributed by atoms with Crippen molar-refractivity contribution in [3.05, 3.63) is 51.5 Å². The van der Waals surface area contributed by atoms with E-state index in [0.717, 1.165) is 5.56 Å². The van der Waals surface area contributed by atoms with E-state index in [1.165, 1.54) is 23.6 Å². The van der Waals surface area contributed by atoms with E-state index in [0.29, 0.717) is 0 Å². The molecule has 0 aliphatic rings. The van der Waals surface area contributed by atoms with E-state index >= 15 is 0 Å². The third-order valence-corrected chi connectivity index (χ3v) is 4.97. The summed E-state index contributed by atoms with van der Waals surface area (Å²) in [7, 11) is 1.47. The molecular formula is C13H12BrFOS. The van der Waals surface area contributed by atoms with Crippen molar-refractivity contribution >= 4 is 27.3 Å². The Morgan fingerprint density at radius 3 is 2.65 bits per heavy atom. The fourth-order valence-electron chi connectivity index (χ4n) is 1.64. The second-order valence-electron chi connectivity index (χ2n) is 3.72. The van der Waals surface area contributed by atoms with Crippen LogP contribution >= 0.6 is 27.3 Å². The molecule has 1 aromatic carbocycles. The fraction of sp³-hybridized carbons (Fsp3) is 0.231. The minimum Gasteiger partial charge on any atom is -0.494 e. The Morgan fingerprint density at radius 1 is 1.35 bits per heavy atom. The number of methoxy groups -OCH3 is 1. The lowest BCUT2D eigenvalue weighted by Gasteiger charge is -2.11. The molecule has 0 saturated heterocycles. The number of ether oxygens (including phenoxy) is 1. The largest absolute Gasteiger partial charge is 0.494 e. The molecule has 0 aliphatic carbocycles. The number of hydrogen-bond donors (Lipinski definition) is 0. The predicted octanol–water partition coefficient (Wildman–Crippen LogP) is 4.69. The van der Waals surface area contributed by atoms with Crippen LogP contribution in [0.5, 0.6) is 5.75 Å². The van der Waals surface area contributed by atoms with Crippen LogP contribution in [0.1, 0.15) is 20.8 Å². The predicted molar refractivity (Wildman–Crippen MR) is 72.8 cm³/mol. The molecule has 0 aliphatic heterocycles. The van der Waals surface area contributed by atoms with Gasteiger partial charge in [-0.15, -0.1) is 11.3 Å². The summed E-state index contributed by atoms with van der Waals surface area (Å²) in [5, 5.41) is 2.04. The Hall–Kier alpha value is -0.870. The molecule has 0 spiro atoms. The van der Waals surface area contributed by atoms with Crippen molar-refractivity contribution in [1.82, 2.24) is 0 Å². The summed E-state index contributed by atoms with van der Waals surface area (Å²) < 4.78 is 18.5. The van der Waals surface area contributed by atoms with Gasteiger partial charge in [0.15, 0.2) is 11.6 Å². The first-order valence-electron chi connectivity index (χ1n) is 5.15. The number of rotatable bonds is 3. The van der Waals surface area contributed by atoms with Gasteiger partial charge in [-0.3, -0.25) is 0 Å². The monoisotopic (exact) mass is 314 g/mol. The molecule has 0 amide bonds. The van der Waals surface area contributed by atoms with Crippen molar-refractivity contribution in [3.63, 3.8) is 0 Å². The highest BCUT2D eigenvalue weighted by Gasteiger charge is 2.15. The number of thiophene rings is 1. The average molecular weight is 315 g/mol. The van der Waals surface area contributed by atoms with Crippen LogP contribution in [-0.2, 0) is 0 Å². The molecule has 0 bridgehead atoms. The van der Waals surface area contributed by atoms with E-state index in [9.17, 15) is 4.39 Å². The van der Waals surface area contributed by atoms with Gasteiger partial charge in [0.25, 0.3) is 0 Å². The SMILES string of the molecule is COc1ccc(C(Br)c2sccc2C)cc1F. The maximum atomic E-state index is 13.6.